The Balaban J connectivity index is 1.31. The van der Waals surface area contributed by atoms with Crippen molar-refractivity contribution in [2.75, 3.05) is 33.3 Å². The minimum absolute atomic E-state index is 0.0886. The molecule has 0 bridgehead atoms. The maximum absolute atomic E-state index is 13.6. The lowest BCUT2D eigenvalue weighted by molar-refractivity contribution is -0.136. The zero-order valence-electron chi connectivity index (χ0n) is 25.6. The van der Waals surface area contributed by atoms with Gasteiger partial charge >= 0.3 is 0 Å². The number of para-hydroxylation sites is 1. The molecule has 3 N–H and O–H groups in total. The van der Waals surface area contributed by atoms with Crippen molar-refractivity contribution in [2.45, 2.75) is 50.4 Å². The molecule has 0 aromatic heterocycles. The van der Waals surface area contributed by atoms with Crippen molar-refractivity contribution in [3.05, 3.63) is 102 Å². The summed E-state index contributed by atoms with van der Waals surface area (Å²) >= 11 is 0. The number of hydrogen-bond acceptors (Lipinski definition) is 6. The normalized spacial score (nSPS) is 20.6. The summed E-state index contributed by atoms with van der Waals surface area (Å²) < 4.78 is 5.92. The third kappa shape index (κ3) is 8.92. The highest BCUT2D eigenvalue weighted by Gasteiger charge is 2.31. The number of hydrogen-bond donors (Lipinski definition) is 3. The first-order valence-corrected chi connectivity index (χ1v) is 15.5. The molecule has 45 heavy (non-hydrogen) atoms. The van der Waals surface area contributed by atoms with E-state index in [2.05, 4.69) is 33.0 Å². The Labute approximate surface area is 264 Å². The molecule has 2 aliphatic rings. The molecule has 2 atom stereocenters. The number of rotatable bonds is 6. The standard InChI is InChI=1S/C35H41N5O5/c1-39-20-21-45-31-15-9-8-14-28(31)33(42)38-29(23-32(41)37-30(35(39)44)22-25-10-4-2-5-11-25)34(43)36-27-16-18-40(19-17-27)24-26-12-6-3-7-13-26/h2-15,27,29-30H,16-24H2,1H3,(H,36,43)(H,37,41)(H,38,42)/t29-,30+/m0/s1. The fraction of sp³-hybridized carbons (Fsp3) is 0.371. The third-order valence-corrected chi connectivity index (χ3v) is 8.30. The van der Waals surface area contributed by atoms with Gasteiger partial charge in [-0.15, -0.1) is 0 Å². The topological polar surface area (TPSA) is 120 Å². The molecule has 0 aliphatic carbocycles. The van der Waals surface area contributed by atoms with Gasteiger partial charge in [-0.05, 0) is 36.1 Å². The van der Waals surface area contributed by atoms with Gasteiger partial charge in [0.1, 0.15) is 24.4 Å². The smallest absolute Gasteiger partial charge is 0.255 e. The van der Waals surface area contributed by atoms with E-state index in [1.807, 2.05) is 48.5 Å². The quantitative estimate of drug-likeness (QED) is 0.394. The van der Waals surface area contributed by atoms with E-state index in [1.165, 1.54) is 10.5 Å². The van der Waals surface area contributed by atoms with Crippen molar-refractivity contribution >= 4 is 23.6 Å². The molecule has 0 radical (unpaired) electrons. The molecule has 3 aromatic rings. The molecule has 3 aromatic carbocycles. The number of benzene rings is 3. The van der Waals surface area contributed by atoms with Crippen molar-refractivity contribution in [2.24, 2.45) is 0 Å². The second kappa shape index (κ2) is 15.3. The third-order valence-electron chi connectivity index (χ3n) is 8.30. The highest BCUT2D eigenvalue weighted by molar-refractivity contribution is 6.01. The van der Waals surface area contributed by atoms with E-state index in [9.17, 15) is 19.2 Å². The summed E-state index contributed by atoms with van der Waals surface area (Å²) in [5.74, 6) is -1.39. The van der Waals surface area contributed by atoms with Gasteiger partial charge in [-0.25, -0.2) is 0 Å². The van der Waals surface area contributed by atoms with Crippen molar-refractivity contribution in [1.29, 1.82) is 0 Å². The lowest BCUT2D eigenvalue weighted by Gasteiger charge is -2.33. The maximum atomic E-state index is 13.6. The molecule has 10 nitrogen and oxygen atoms in total. The summed E-state index contributed by atoms with van der Waals surface area (Å²) in [4.78, 5) is 57.9. The van der Waals surface area contributed by atoms with E-state index in [4.69, 9.17) is 4.74 Å². The average molecular weight is 612 g/mol. The lowest BCUT2D eigenvalue weighted by Crippen LogP contribution is -2.55. The van der Waals surface area contributed by atoms with Crippen LogP contribution in [0.15, 0.2) is 84.9 Å². The Morgan fingerprint density at radius 2 is 1.49 bits per heavy atom. The van der Waals surface area contributed by atoms with Crippen LogP contribution in [0, 0.1) is 0 Å². The van der Waals surface area contributed by atoms with Crippen LogP contribution in [-0.2, 0) is 27.3 Å². The Bertz CT molecular complexity index is 1460. The number of carbonyl (C=O) groups excluding carboxylic acids is 4. The molecular formula is C35H41N5O5. The van der Waals surface area contributed by atoms with Gasteiger partial charge in [-0.3, -0.25) is 24.1 Å². The minimum atomic E-state index is -1.15. The average Bonchev–Trinajstić information content (AvgIpc) is 3.05. The van der Waals surface area contributed by atoms with Crippen LogP contribution in [0.5, 0.6) is 5.75 Å². The SMILES string of the molecule is CN1CCOc2ccccc2C(=O)N[C@H](C(=O)NC2CCN(Cc3ccccc3)CC2)CC(=O)N[C@H](Cc2ccccc2)C1=O. The zero-order valence-corrected chi connectivity index (χ0v) is 25.6. The number of piperidine rings is 1. The van der Waals surface area contributed by atoms with Gasteiger partial charge in [0.2, 0.25) is 17.7 Å². The first-order valence-electron chi connectivity index (χ1n) is 15.5. The van der Waals surface area contributed by atoms with Gasteiger partial charge < -0.3 is 25.6 Å². The number of ether oxygens (including phenoxy) is 1. The molecule has 236 valence electrons. The number of likely N-dealkylation sites (N-methyl/N-ethyl adjacent to an activating group) is 1. The Kier molecular flexibility index (Phi) is 10.8. The molecule has 0 spiro atoms. The van der Waals surface area contributed by atoms with Crippen LogP contribution >= 0.6 is 0 Å². The molecule has 1 fully saturated rings. The van der Waals surface area contributed by atoms with Crippen LogP contribution in [0.1, 0.15) is 40.7 Å². The second-order valence-electron chi connectivity index (χ2n) is 11.7. The van der Waals surface area contributed by atoms with Crippen LogP contribution in [0.4, 0.5) is 0 Å². The van der Waals surface area contributed by atoms with Gasteiger partial charge in [-0.1, -0.05) is 72.8 Å². The van der Waals surface area contributed by atoms with E-state index < -0.39 is 29.8 Å². The highest BCUT2D eigenvalue weighted by atomic mass is 16.5. The van der Waals surface area contributed by atoms with Gasteiger partial charge in [0.15, 0.2) is 0 Å². The summed E-state index contributed by atoms with van der Waals surface area (Å²) in [6.07, 6.45) is 1.46. The summed E-state index contributed by atoms with van der Waals surface area (Å²) in [5, 5.41) is 8.69. The molecular weight excluding hydrogens is 570 g/mol. The Morgan fingerprint density at radius 1 is 0.844 bits per heavy atom. The van der Waals surface area contributed by atoms with Crippen molar-refractivity contribution in [3.63, 3.8) is 0 Å². The molecule has 0 saturated carbocycles. The maximum Gasteiger partial charge on any atom is 0.255 e. The predicted molar refractivity (Wildman–Crippen MR) is 170 cm³/mol. The Hall–Kier alpha value is -4.70. The fourth-order valence-electron chi connectivity index (χ4n) is 5.76. The van der Waals surface area contributed by atoms with E-state index in [1.54, 1.807) is 31.3 Å². The van der Waals surface area contributed by atoms with Crippen molar-refractivity contribution in [3.8, 4) is 5.75 Å². The van der Waals surface area contributed by atoms with Crippen LogP contribution in [-0.4, -0.2) is 84.8 Å². The molecule has 2 heterocycles. The minimum Gasteiger partial charge on any atom is -0.491 e. The summed E-state index contributed by atoms with van der Waals surface area (Å²) in [7, 11) is 1.65. The van der Waals surface area contributed by atoms with Crippen molar-refractivity contribution < 1.29 is 23.9 Å². The number of amides is 4. The van der Waals surface area contributed by atoms with E-state index >= 15 is 0 Å². The van der Waals surface area contributed by atoms with E-state index in [0.717, 1.165) is 38.0 Å². The molecule has 2 aliphatic heterocycles. The summed E-state index contributed by atoms with van der Waals surface area (Å²) in [5.41, 5.74) is 2.38. The molecule has 5 rings (SSSR count). The first-order chi connectivity index (χ1) is 21.9. The fourth-order valence-corrected chi connectivity index (χ4v) is 5.76. The van der Waals surface area contributed by atoms with Crippen LogP contribution in [0.2, 0.25) is 0 Å². The zero-order chi connectivity index (χ0) is 31.6. The van der Waals surface area contributed by atoms with E-state index in [0.29, 0.717) is 5.75 Å². The first kappa shape index (κ1) is 31.7. The molecule has 0 unspecified atom stereocenters. The van der Waals surface area contributed by atoms with E-state index in [-0.39, 0.29) is 43.5 Å². The Morgan fingerprint density at radius 3 is 2.20 bits per heavy atom. The predicted octanol–water partition coefficient (Wildman–Crippen LogP) is 2.53. The van der Waals surface area contributed by atoms with Gasteiger partial charge in [-0.2, -0.15) is 0 Å². The molecule has 4 amide bonds. The van der Waals surface area contributed by atoms with Gasteiger partial charge in [0.25, 0.3) is 5.91 Å². The molecule has 10 heteroatoms. The molecule has 1 saturated heterocycles. The monoisotopic (exact) mass is 611 g/mol. The number of likely N-dealkylation sites (tertiary alicyclic amines) is 1. The van der Waals surface area contributed by atoms with Crippen LogP contribution in [0.25, 0.3) is 0 Å². The number of nitrogens with one attached hydrogen (secondary N) is 3. The second-order valence-corrected chi connectivity index (χ2v) is 11.7. The summed E-state index contributed by atoms with van der Waals surface area (Å²) in [6.45, 7) is 2.88. The number of nitrogens with zero attached hydrogens (tertiary/aromatic N) is 2. The number of fused-ring (bicyclic) bond motifs is 1. The number of carbonyl (C=O) groups is 4. The highest BCUT2D eigenvalue weighted by Crippen LogP contribution is 2.19. The van der Waals surface area contributed by atoms with Crippen LogP contribution in [0.3, 0.4) is 0 Å². The largest absolute Gasteiger partial charge is 0.491 e. The summed E-state index contributed by atoms with van der Waals surface area (Å²) in [6, 6.07) is 24.3. The van der Waals surface area contributed by atoms with Crippen LogP contribution < -0.4 is 20.7 Å². The lowest BCUT2D eigenvalue weighted by atomic mass is 10.0. The van der Waals surface area contributed by atoms with Gasteiger partial charge in [0, 0.05) is 39.1 Å². The van der Waals surface area contributed by atoms with Crippen molar-refractivity contribution in [1.82, 2.24) is 25.8 Å². The van der Waals surface area contributed by atoms with Gasteiger partial charge in [0.05, 0.1) is 18.5 Å².